The number of nitrogens with one attached hydrogen (secondary N) is 2. The summed E-state index contributed by atoms with van der Waals surface area (Å²) >= 11 is 2.60. The Morgan fingerprint density at radius 1 is 1.25 bits per heavy atom. The van der Waals surface area contributed by atoms with Crippen molar-refractivity contribution in [1.29, 1.82) is 0 Å². The number of nitrogen functional groups attached to an aromatic ring is 1. The summed E-state index contributed by atoms with van der Waals surface area (Å²) in [6, 6.07) is 10.5. The first-order valence-electron chi connectivity index (χ1n) is 8.15. The van der Waals surface area contributed by atoms with E-state index >= 15 is 0 Å². The fourth-order valence-electron chi connectivity index (χ4n) is 2.31. The molecule has 3 aromatic rings. The third kappa shape index (κ3) is 4.81. The van der Waals surface area contributed by atoms with Crippen LogP contribution in [0.5, 0.6) is 5.75 Å². The highest BCUT2D eigenvalue weighted by Crippen LogP contribution is 2.29. The molecule has 2 aromatic heterocycles. The number of hydrogen-bond acceptors (Lipinski definition) is 8. The van der Waals surface area contributed by atoms with Crippen molar-refractivity contribution < 1.29 is 14.3 Å². The number of para-hydroxylation sites is 1. The topological polar surface area (TPSA) is 124 Å². The molecule has 0 atom stereocenters. The average Bonchev–Trinajstić information content (AvgIpc) is 3.34. The van der Waals surface area contributed by atoms with E-state index in [9.17, 15) is 9.59 Å². The summed E-state index contributed by atoms with van der Waals surface area (Å²) in [6.45, 7) is 0.364. The van der Waals surface area contributed by atoms with Gasteiger partial charge in [-0.2, -0.15) is 0 Å². The van der Waals surface area contributed by atoms with E-state index < -0.39 is 11.9 Å². The van der Waals surface area contributed by atoms with Crippen LogP contribution in [0.25, 0.3) is 11.4 Å². The van der Waals surface area contributed by atoms with Gasteiger partial charge in [0.05, 0.1) is 25.0 Å². The van der Waals surface area contributed by atoms with Gasteiger partial charge in [0, 0.05) is 4.88 Å². The second-order valence-corrected chi connectivity index (χ2v) is 7.45. The molecule has 0 aliphatic heterocycles. The van der Waals surface area contributed by atoms with Crippen molar-refractivity contribution in [2.75, 3.05) is 18.7 Å². The van der Waals surface area contributed by atoms with Crippen LogP contribution < -0.4 is 21.2 Å². The lowest BCUT2D eigenvalue weighted by atomic mass is 10.2. The van der Waals surface area contributed by atoms with Crippen molar-refractivity contribution in [2.45, 2.75) is 11.7 Å². The fraction of sp³-hybridized carbons (Fsp3) is 0.176. The van der Waals surface area contributed by atoms with Crippen LogP contribution in [0.1, 0.15) is 4.88 Å². The molecule has 0 bridgehead atoms. The first-order valence-corrected chi connectivity index (χ1v) is 10.0. The van der Waals surface area contributed by atoms with Gasteiger partial charge in [0.2, 0.25) is 11.1 Å². The molecule has 0 spiro atoms. The predicted octanol–water partition coefficient (Wildman–Crippen LogP) is 1.85. The number of nitrogens with two attached hydrogens (primary N) is 1. The number of benzene rings is 1. The van der Waals surface area contributed by atoms with Crippen LogP contribution in [0, 0.1) is 0 Å². The molecule has 0 aliphatic rings. The van der Waals surface area contributed by atoms with Crippen LogP contribution in [0.4, 0.5) is 4.79 Å². The van der Waals surface area contributed by atoms with E-state index in [0.717, 1.165) is 16.6 Å². The Hall–Kier alpha value is -3.05. The average molecular weight is 419 g/mol. The van der Waals surface area contributed by atoms with E-state index in [4.69, 9.17) is 10.6 Å². The molecular formula is C17H18N6O3S2. The van der Waals surface area contributed by atoms with Crippen LogP contribution in [0.2, 0.25) is 0 Å². The van der Waals surface area contributed by atoms with E-state index in [1.54, 1.807) is 13.2 Å². The summed E-state index contributed by atoms with van der Waals surface area (Å²) < 4.78 is 6.59. The number of carbonyl (C=O) groups is 2. The molecular weight excluding hydrogens is 400 g/mol. The molecule has 0 unspecified atom stereocenters. The van der Waals surface area contributed by atoms with Gasteiger partial charge in [-0.15, -0.1) is 21.5 Å². The van der Waals surface area contributed by atoms with Gasteiger partial charge in [-0.3, -0.25) is 10.1 Å². The third-order valence-electron chi connectivity index (χ3n) is 3.60. The number of methoxy groups -OCH3 is 1. The fourth-order valence-corrected chi connectivity index (χ4v) is 3.61. The first kappa shape index (κ1) is 19.7. The second-order valence-electron chi connectivity index (χ2n) is 5.48. The number of ether oxygens (including phenoxy) is 1. The number of thioether (sulfide) groups is 1. The summed E-state index contributed by atoms with van der Waals surface area (Å²) in [6.07, 6.45) is 0. The van der Waals surface area contributed by atoms with Gasteiger partial charge >= 0.3 is 6.03 Å². The molecule has 146 valence electrons. The summed E-state index contributed by atoms with van der Waals surface area (Å²) in [4.78, 5) is 24.7. The van der Waals surface area contributed by atoms with Gasteiger partial charge in [-0.1, -0.05) is 30.0 Å². The minimum atomic E-state index is -0.553. The molecule has 3 rings (SSSR count). The number of nitrogens with zero attached hydrogens (tertiary/aromatic N) is 3. The van der Waals surface area contributed by atoms with Gasteiger partial charge in [-0.05, 0) is 23.6 Å². The molecule has 4 N–H and O–H groups in total. The standard InChI is InChI=1S/C17H18N6O3S2/c1-26-13-7-3-2-6-12(13)15-21-22-17(23(15)18)28-10-14(24)20-16(25)19-9-11-5-4-8-27-11/h2-8H,9-10,18H2,1H3,(H2,19,20,24,25). The van der Waals surface area contributed by atoms with Crippen LogP contribution in [0.3, 0.4) is 0 Å². The number of aromatic nitrogens is 3. The number of amides is 3. The molecule has 11 heteroatoms. The van der Waals surface area contributed by atoms with Crippen molar-refractivity contribution in [3.05, 3.63) is 46.7 Å². The van der Waals surface area contributed by atoms with E-state index in [0.29, 0.717) is 28.8 Å². The minimum Gasteiger partial charge on any atom is -0.496 e. The van der Waals surface area contributed by atoms with E-state index in [2.05, 4.69) is 20.8 Å². The lowest BCUT2D eigenvalue weighted by Gasteiger charge is -2.08. The lowest BCUT2D eigenvalue weighted by molar-refractivity contribution is -0.117. The summed E-state index contributed by atoms with van der Waals surface area (Å²) in [5.74, 6) is 6.58. The van der Waals surface area contributed by atoms with E-state index in [-0.39, 0.29) is 5.75 Å². The van der Waals surface area contributed by atoms with Gasteiger partial charge in [-0.25, -0.2) is 9.47 Å². The zero-order valence-electron chi connectivity index (χ0n) is 14.9. The van der Waals surface area contributed by atoms with Gasteiger partial charge in [0.15, 0.2) is 5.82 Å². The maximum Gasteiger partial charge on any atom is 0.321 e. The van der Waals surface area contributed by atoms with Crippen LogP contribution in [0.15, 0.2) is 46.9 Å². The van der Waals surface area contributed by atoms with Crippen LogP contribution >= 0.6 is 23.1 Å². The van der Waals surface area contributed by atoms with Gasteiger partial charge in [0.25, 0.3) is 0 Å². The maximum atomic E-state index is 12.0. The normalized spacial score (nSPS) is 10.5. The maximum absolute atomic E-state index is 12.0. The highest BCUT2D eigenvalue weighted by molar-refractivity contribution is 7.99. The summed E-state index contributed by atoms with van der Waals surface area (Å²) in [7, 11) is 1.56. The van der Waals surface area contributed by atoms with Crippen molar-refractivity contribution in [1.82, 2.24) is 25.5 Å². The molecule has 0 fully saturated rings. The first-order chi connectivity index (χ1) is 13.6. The molecule has 0 saturated carbocycles. The van der Waals surface area contributed by atoms with Gasteiger partial charge in [0.1, 0.15) is 5.75 Å². The zero-order chi connectivity index (χ0) is 19.9. The molecule has 1 aromatic carbocycles. The molecule has 28 heavy (non-hydrogen) atoms. The largest absolute Gasteiger partial charge is 0.496 e. The smallest absolute Gasteiger partial charge is 0.321 e. The van der Waals surface area contributed by atoms with Crippen molar-refractivity contribution >= 4 is 35.0 Å². The van der Waals surface area contributed by atoms with Crippen LogP contribution in [-0.4, -0.2) is 39.7 Å². The number of imide groups is 1. The summed E-state index contributed by atoms with van der Waals surface area (Å²) in [5.41, 5.74) is 0.684. The third-order valence-corrected chi connectivity index (χ3v) is 5.42. The van der Waals surface area contributed by atoms with Crippen molar-refractivity contribution in [3.63, 3.8) is 0 Å². The second kappa shape index (κ2) is 9.24. The van der Waals surface area contributed by atoms with Crippen molar-refractivity contribution in [3.8, 4) is 17.1 Å². The Morgan fingerprint density at radius 2 is 2.07 bits per heavy atom. The SMILES string of the molecule is COc1ccccc1-c1nnc(SCC(=O)NC(=O)NCc2cccs2)n1N. The molecule has 3 amide bonds. The van der Waals surface area contributed by atoms with E-state index in [1.165, 1.54) is 16.0 Å². The zero-order valence-corrected chi connectivity index (χ0v) is 16.5. The number of rotatable bonds is 7. The Balaban J connectivity index is 1.54. The predicted molar refractivity (Wildman–Crippen MR) is 108 cm³/mol. The quantitative estimate of drug-likeness (QED) is 0.395. The molecule has 0 saturated heterocycles. The highest BCUT2D eigenvalue weighted by Gasteiger charge is 2.17. The number of carbonyl (C=O) groups excluding carboxylic acids is 2. The monoisotopic (exact) mass is 418 g/mol. The Kier molecular flexibility index (Phi) is 6.50. The van der Waals surface area contributed by atoms with Gasteiger partial charge < -0.3 is 15.9 Å². The Labute approximate surface area is 169 Å². The van der Waals surface area contributed by atoms with Crippen LogP contribution in [-0.2, 0) is 11.3 Å². The van der Waals surface area contributed by atoms with Crippen molar-refractivity contribution in [2.24, 2.45) is 0 Å². The van der Waals surface area contributed by atoms with E-state index in [1.807, 2.05) is 35.7 Å². The number of hydrogen-bond donors (Lipinski definition) is 3. The summed E-state index contributed by atoms with van der Waals surface area (Å²) in [5, 5.41) is 15.2. The lowest BCUT2D eigenvalue weighted by Crippen LogP contribution is -2.39. The molecule has 0 aliphatic carbocycles. The molecule has 2 heterocycles. The molecule has 9 nitrogen and oxygen atoms in total. The minimum absolute atomic E-state index is 0.0340. The highest BCUT2D eigenvalue weighted by atomic mass is 32.2. The Morgan fingerprint density at radius 3 is 2.82 bits per heavy atom. The Bertz CT molecular complexity index is 958. The molecule has 0 radical (unpaired) electrons. The number of thiophene rings is 1. The number of urea groups is 1.